The van der Waals surface area contributed by atoms with Crippen molar-refractivity contribution in [3.05, 3.63) is 47.2 Å². The van der Waals surface area contributed by atoms with Gasteiger partial charge >= 0.3 is 21.7 Å². The largest absolute Gasteiger partial charge is 3.00 e. The van der Waals surface area contributed by atoms with E-state index in [9.17, 15) is 0 Å². The zero-order valence-electron chi connectivity index (χ0n) is 14.0. The molecule has 1 atom stereocenters. The molecule has 2 aliphatic rings. The summed E-state index contributed by atoms with van der Waals surface area (Å²) in [6.07, 6.45) is 17.3. The predicted molar refractivity (Wildman–Crippen MR) is 91.0 cm³/mol. The van der Waals surface area contributed by atoms with Crippen LogP contribution in [0.4, 0.5) is 0 Å². The van der Waals surface area contributed by atoms with Gasteiger partial charge in [-0.3, -0.25) is 6.08 Å². The summed E-state index contributed by atoms with van der Waals surface area (Å²) >= 11 is 2.17. The molecule has 0 nitrogen and oxygen atoms in total. The number of allylic oxidation sites excluding steroid dienone is 7. The second-order valence-electron chi connectivity index (χ2n) is 6.30. The molecule has 2 rings (SSSR count). The summed E-state index contributed by atoms with van der Waals surface area (Å²) in [6, 6.07) is 0. The van der Waals surface area contributed by atoms with E-state index in [1.165, 1.54) is 11.6 Å². The van der Waals surface area contributed by atoms with E-state index in [0.29, 0.717) is 9.62 Å². The van der Waals surface area contributed by atoms with Gasteiger partial charge in [0.25, 0.3) is 0 Å². The SMILES string of the molecule is CC1=CC=CCC1(SC(C)C)[Si](C)(C)C1=[C-]CC=C1.[Cl-].[Cl-].[Ti+3]. The minimum Gasteiger partial charge on any atom is -1.00 e. The molecule has 0 spiro atoms. The van der Waals surface area contributed by atoms with Gasteiger partial charge < -0.3 is 24.8 Å². The fourth-order valence-corrected chi connectivity index (χ4v) is 9.91. The summed E-state index contributed by atoms with van der Waals surface area (Å²) in [4.78, 5) is 0. The zero-order chi connectivity index (χ0) is 14.1. The van der Waals surface area contributed by atoms with Crippen molar-refractivity contribution in [3.63, 3.8) is 0 Å². The van der Waals surface area contributed by atoms with Crippen LogP contribution in [0.3, 0.4) is 0 Å². The first kappa shape index (κ1) is 25.1. The molecule has 1 unspecified atom stereocenters. The van der Waals surface area contributed by atoms with Crippen LogP contribution in [-0.4, -0.2) is 17.7 Å². The van der Waals surface area contributed by atoms with Crippen molar-refractivity contribution in [1.82, 2.24) is 0 Å². The van der Waals surface area contributed by atoms with Gasteiger partial charge in [0.2, 0.25) is 0 Å². The molecular formula is C17H25Cl2SSiTi. The average molecular weight is 408 g/mol. The maximum atomic E-state index is 3.62. The molecule has 0 bridgehead atoms. The van der Waals surface area contributed by atoms with E-state index in [4.69, 9.17) is 0 Å². The Kier molecular flexibility index (Phi) is 11.3. The summed E-state index contributed by atoms with van der Waals surface area (Å²) < 4.78 is 0.299. The normalized spacial score (nSPS) is 23.2. The van der Waals surface area contributed by atoms with Gasteiger partial charge in [-0.15, -0.1) is 6.42 Å². The molecular weight excluding hydrogens is 383 g/mol. The van der Waals surface area contributed by atoms with Gasteiger partial charge in [0.15, 0.2) is 0 Å². The van der Waals surface area contributed by atoms with E-state index < -0.39 is 8.07 Å². The van der Waals surface area contributed by atoms with Crippen LogP contribution < -0.4 is 24.8 Å². The number of thioether (sulfide) groups is 1. The Labute approximate surface area is 169 Å². The van der Waals surface area contributed by atoms with E-state index in [1.807, 2.05) is 0 Å². The first-order chi connectivity index (χ1) is 8.90. The van der Waals surface area contributed by atoms with Crippen LogP contribution in [0.5, 0.6) is 0 Å². The number of hydrogen-bond acceptors (Lipinski definition) is 1. The molecule has 121 valence electrons. The maximum Gasteiger partial charge on any atom is 3.00 e. The summed E-state index contributed by atoms with van der Waals surface area (Å²) in [7, 11) is -1.58. The fraction of sp³-hybridized carbons (Fsp3) is 0.529. The monoisotopic (exact) mass is 407 g/mol. The molecule has 0 N–H and O–H groups in total. The van der Waals surface area contributed by atoms with Crippen LogP contribution in [0.1, 0.15) is 33.6 Å². The van der Waals surface area contributed by atoms with Gasteiger partial charge in [0.1, 0.15) is 0 Å². The Bertz CT molecular complexity index is 481. The van der Waals surface area contributed by atoms with Crippen LogP contribution in [0.2, 0.25) is 13.1 Å². The van der Waals surface area contributed by atoms with Gasteiger partial charge in [-0.05, 0) is 18.6 Å². The fourth-order valence-electron chi connectivity index (χ4n) is 3.23. The predicted octanol–water partition coefficient (Wildman–Crippen LogP) is -0.745. The molecule has 0 aromatic heterocycles. The molecule has 0 amide bonds. The summed E-state index contributed by atoms with van der Waals surface area (Å²) in [6.45, 7) is 12.0. The quantitative estimate of drug-likeness (QED) is 0.436. The third-order valence-electron chi connectivity index (χ3n) is 4.34. The second-order valence-corrected chi connectivity index (χ2v) is 13.2. The Morgan fingerprint density at radius 2 is 1.86 bits per heavy atom. The first-order valence-electron chi connectivity index (χ1n) is 7.20. The summed E-state index contributed by atoms with van der Waals surface area (Å²) in [5.41, 5.74) is 1.56. The van der Waals surface area contributed by atoms with E-state index in [2.05, 4.69) is 82.1 Å². The van der Waals surface area contributed by atoms with Gasteiger partial charge in [-0.2, -0.15) is 17.8 Å². The van der Waals surface area contributed by atoms with Crippen molar-refractivity contribution in [3.8, 4) is 0 Å². The molecule has 22 heavy (non-hydrogen) atoms. The van der Waals surface area contributed by atoms with Crippen molar-refractivity contribution in [2.24, 2.45) is 0 Å². The van der Waals surface area contributed by atoms with Crippen LogP contribution in [0, 0.1) is 6.08 Å². The van der Waals surface area contributed by atoms with E-state index in [1.54, 1.807) is 5.57 Å². The Morgan fingerprint density at radius 1 is 1.23 bits per heavy atom. The molecule has 2 aliphatic carbocycles. The Morgan fingerprint density at radius 3 is 2.32 bits per heavy atom. The van der Waals surface area contributed by atoms with Crippen molar-refractivity contribution < 1.29 is 46.5 Å². The van der Waals surface area contributed by atoms with E-state index in [-0.39, 0.29) is 46.5 Å². The van der Waals surface area contributed by atoms with Crippen molar-refractivity contribution in [2.45, 2.75) is 56.3 Å². The van der Waals surface area contributed by atoms with Crippen LogP contribution >= 0.6 is 11.8 Å². The maximum absolute atomic E-state index is 3.62. The van der Waals surface area contributed by atoms with Gasteiger partial charge in [0.05, 0.1) is 8.07 Å². The van der Waals surface area contributed by atoms with Gasteiger partial charge in [0, 0.05) is 4.37 Å². The summed E-state index contributed by atoms with van der Waals surface area (Å²) in [5.74, 6) is 0. The third kappa shape index (κ3) is 4.68. The average Bonchev–Trinajstić information content (AvgIpc) is 2.85. The Balaban J connectivity index is 0. The summed E-state index contributed by atoms with van der Waals surface area (Å²) in [5, 5.41) is 2.18. The smallest absolute Gasteiger partial charge is 1.00 e. The van der Waals surface area contributed by atoms with Crippen molar-refractivity contribution in [1.29, 1.82) is 0 Å². The van der Waals surface area contributed by atoms with Crippen molar-refractivity contribution >= 4 is 19.8 Å². The van der Waals surface area contributed by atoms with Crippen LogP contribution in [0.15, 0.2) is 41.1 Å². The molecule has 0 saturated carbocycles. The number of halogens is 2. The molecule has 0 aliphatic heterocycles. The first-order valence-corrected chi connectivity index (χ1v) is 11.1. The molecule has 0 aromatic rings. The number of hydrogen-bond donors (Lipinski definition) is 0. The molecule has 0 saturated heterocycles. The Hall–Kier alpha value is 0.821. The standard InChI is InChI=1S/C17H25SSi.2ClH.Ti/c1-14(2)18-17(13-9-8-10-15(17)3)19(4,5)16-11-6-7-12-16;;;/h6,8-11,14H,7,13H2,1-5H3;2*1H;/q-1;;;+3/p-2. The molecule has 0 fully saturated rings. The van der Waals surface area contributed by atoms with E-state index in [0.717, 1.165) is 6.42 Å². The van der Waals surface area contributed by atoms with Gasteiger partial charge in [-0.25, -0.2) is 11.3 Å². The van der Waals surface area contributed by atoms with Gasteiger partial charge in [-0.1, -0.05) is 50.7 Å². The van der Waals surface area contributed by atoms with E-state index >= 15 is 0 Å². The topological polar surface area (TPSA) is 0 Å². The van der Waals surface area contributed by atoms with Crippen molar-refractivity contribution in [2.75, 3.05) is 0 Å². The molecule has 0 aromatic carbocycles. The second kappa shape index (κ2) is 9.96. The molecule has 0 heterocycles. The zero-order valence-corrected chi connectivity index (χ0v) is 18.9. The van der Waals surface area contributed by atoms with Crippen LogP contribution in [-0.2, 0) is 21.7 Å². The molecule has 1 radical (unpaired) electrons. The minimum atomic E-state index is -1.58. The minimum absolute atomic E-state index is 0. The van der Waals surface area contributed by atoms with Crippen LogP contribution in [0.25, 0.3) is 0 Å². The number of rotatable bonds is 4. The molecule has 5 heteroatoms. The third-order valence-corrected chi connectivity index (χ3v) is 11.9.